The minimum absolute atomic E-state index is 0.0704. The number of thioether (sulfide) groups is 1. The van der Waals surface area contributed by atoms with Crippen molar-refractivity contribution >= 4 is 34.7 Å². The molecule has 1 unspecified atom stereocenters. The number of thiazole rings is 1. The van der Waals surface area contributed by atoms with Gasteiger partial charge < -0.3 is 9.88 Å². The fourth-order valence-electron chi connectivity index (χ4n) is 2.52. The van der Waals surface area contributed by atoms with Gasteiger partial charge in [-0.1, -0.05) is 29.0 Å². The van der Waals surface area contributed by atoms with E-state index in [0.29, 0.717) is 23.6 Å². The zero-order valence-corrected chi connectivity index (χ0v) is 16.4. The maximum absolute atomic E-state index is 12.6. The Balaban J connectivity index is 1.70. The lowest BCUT2D eigenvalue weighted by atomic mass is 10.1. The largest absolute Gasteiger partial charge is 0.360 e. The Kier molecular flexibility index (Phi) is 6.35. The quantitative estimate of drug-likeness (QED) is 0.535. The molecule has 3 aromatic heterocycles. The molecule has 3 aromatic rings. The molecule has 0 aliphatic rings. The van der Waals surface area contributed by atoms with Crippen LogP contribution in [-0.2, 0) is 17.1 Å². The third-order valence-corrected chi connectivity index (χ3v) is 5.84. The molecule has 0 fully saturated rings. The second-order valence-electron chi connectivity index (χ2n) is 5.62. The van der Waals surface area contributed by atoms with E-state index in [0.717, 1.165) is 4.34 Å². The van der Waals surface area contributed by atoms with Crippen LogP contribution in [0.25, 0.3) is 0 Å². The summed E-state index contributed by atoms with van der Waals surface area (Å²) >= 11 is 3.08. The van der Waals surface area contributed by atoms with Crippen LogP contribution in [0.3, 0.4) is 0 Å². The predicted molar refractivity (Wildman–Crippen MR) is 102 cm³/mol. The Morgan fingerprint density at radius 1 is 1.33 bits per heavy atom. The van der Waals surface area contributed by atoms with E-state index in [4.69, 9.17) is 4.63 Å². The van der Waals surface area contributed by atoms with Crippen molar-refractivity contribution in [2.24, 2.45) is 0 Å². The van der Waals surface area contributed by atoms with Crippen molar-refractivity contribution in [2.75, 3.05) is 5.32 Å². The highest BCUT2D eigenvalue weighted by molar-refractivity contribution is 8.00. The van der Waals surface area contributed by atoms with E-state index in [9.17, 15) is 9.59 Å². The molecule has 0 saturated carbocycles. The van der Waals surface area contributed by atoms with Crippen molar-refractivity contribution in [1.82, 2.24) is 24.8 Å². The van der Waals surface area contributed by atoms with Gasteiger partial charge in [-0.15, -0.1) is 11.3 Å². The van der Waals surface area contributed by atoms with Crippen LogP contribution in [0.1, 0.15) is 37.7 Å². The molecule has 9 nitrogen and oxygen atoms in total. The van der Waals surface area contributed by atoms with Gasteiger partial charge in [-0.2, -0.15) is 0 Å². The van der Waals surface area contributed by atoms with Gasteiger partial charge in [0.1, 0.15) is 15.7 Å². The molecule has 0 amide bonds. The van der Waals surface area contributed by atoms with Crippen LogP contribution < -0.4 is 10.9 Å². The smallest absolute Gasteiger partial charge is 0.293 e. The molecule has 27 heavy (non-hydrogen) atoms. The summed E-state index contributed by atoms with van der Waals surface area (Å²) in [7, 11) is 0. The molecule has 0 spiro atoms. The van der Waals surface area contributed by atoms with E-state index in [2.05, 4.69) is 25.6 Å². The highest BCUT2D eigenvalue weighted by atomic mass is 32.2. The zero-order chi connectivity index (χ0) is 19.2. The fraction of sp³-hybridized carbons (Fsp3) is 0.375. The number of rotatable bonds is 9. The number of hydrogen-bond donors (Lipinski definition) is 1. The molecule has 1 N–H and O–H groups in total. The maximum atomic E-state index is 12.6. The van der Waals surface area contributed by atoms with Gasteiger partial charge in [0.15, 0.2) is 11.6 Å². The number of anilines is 1. The zero-order valence-electron chi connectivity index (χ0n) is 14.8. The van der Waals surface area contributed by atoms with Crippen LogP contribution in [-0.4, -0.2) is 30.6 Å². The maximum Gasteiger partial charge on any atom is 0.293 e. The van der Waals surface area contributed by atoms with Gasteiger partial charge >= 0.3 is 0 Å². The van der Waals surface area contributed by atoms with E-state index in [-0.39, 0.29) is 23.7 Å². The average Bonchev–Trinajstić information content (AvgIpc) is 3.32. The van der Waals surface area contributed by atoms with Crippen molar-refractivity contribution in [3.63, 3.8) is 0 Å². The van der Waals surface area contributed by atoms with E-state index < -0.39 is 6.04 Å². The minimum Gasteiger partial charge on any atom is -0.360 e. The molecule has 0 aliphatic heterocycles. The highest BCUT2D eigenvalue weighted by Crippen LogP contribution is 2.24. The van der Waals surface area contributed by atoms with Gasteiger partial charge in [-0.05, 0) is 13.3 Å². The first kappa shape index (κ1) is 19.2. The van der Waals surface area contributed by atoms with E-state index >= 15 is 0 Å². The SMILES string of the molecule is CCC(C(C)=O)n1ccnc(NCc2nonc2CSc2nccs2)c1=O. The number of ketones is 1. The summed E-state index contributed by atoms with van der Waals surface area (Å²) in [6.07, 6.45) is 5.30. The normalized spacial score (nSPS) is 12.1. The molecule has 0 aromatic carbocycles. The Morgan fingerprint density at radius 2 is 2.15 bits per heavy atom. The first-order valence-electron chi connectivity index (χ1n) is 8.24. The van der Waals surface area contributed by atoms with Gasteiger partial charge in [-0.3, -0.25) is 9.59 Å². The summed E-state index contributed by atoms with van der Waals surface area (Å²) in [5.41, 5.74) is 0.915. The highest BCUT2D eigenvalue weighted by Gasteiger charge is 2.18. The molecular weight excluding hydrogens is 388 g/mol. The first-order valence-corrected chi connectivity index (χ1v) is 10.1. The van der Waals surface area contributed by atoms with E-state index in [1.165, 1.54) is 35.6 Å². The molecular formula is C16H18N6O3S2. The Morgan fingerprint density at radius 3 is 2.85 bits per heavy atom. The van der Waals surface area contributed by atoms with Crippen molar-refractivity contribution < 1.29 is 9.42 Å². The molecule has 0 radical (unpaired) electrons. The van der Waals surface area contributed by atoms with Crippen molar-refractivity contribution in [3.8, 4) is 0 Å². The molecule has 3 heterocycles. The van der Waals surface area contributed by atoms with Crippen LogP contribution in [0.4, 0.5) is 5.82 Å². The number of Topliss-reactive ketones (excluding diaryl/α,β-unsaturated/α-hetero) is 1. The lowest BCUT2D eigenvalue weighted by molar-refractivity contribution is -0.120. The third kappa shape index (κ3) is 4.61. The van der Waals surface area contributed by atoms with Gasteiger partial charge in [0, 0.05) is 29.7 Å². The molecule has 142 valence electrons. The Hall–Kier alpha value is -2.53. The van der Waals surface area contributed by atoms with Crippen LogP contribution in [0.5, 0.6) is 0 Å². The number of aromatic nitrogens is 5. The monoisotopic (exact) mass is 406 g/mol. The van der Waals surface area contributed by atoms with E-state index in [1.54, 1.807) is 17.5 Å². The van der Waals surface area contributed by atoms with Gasteiger partial charge in [0.05, 0.1) is 12.6 Å². The minimum atomic E-state index is -0.500. The summed E-state index contributed by atoms with van der Waals surface area (Å²) in [6.45, 7) is 3.57. The molecule has 11 heteroatoms. The van der Waals surface area contributed by atoms with Gasteiger partial charge in [0.25, 0.3) is 5.56 Å². The van der Waals surface area contributed by atoms with E-state index in [1.807, 2.05) is 12.3 Å². The van der Waals surface area contributed by atoms with Crippen LogP contribution in [0, 0.1) is 0 Å². The van der Waals surface area contributed by atoms with Gasteiger partial charge in [-0.25, -0.2) is 14.6 Å². The van der Waals surface area contributed by atoms with Crippen LogP contribution >= 0.6 is 23.1 Å². The van der Waals surface area contributed by atoms with Crippen LogP contribution in [0.15, 0.2) is 37.7 Å². The predicted octanol–water partition coefficient (Wildman–Crippen LogP) is 2.53. The van der Waals surface area contributed by atoms with Gasteiger partial charge in [0.2, 0.25) is 0 Å². The second kappa shape index (κ2) is 8.91. The number of nitrogens with zero attached hydrogens (tertiary/aromatic N) is 5. The lowest BCUT2D eigenvalue weighted by Gasteiger charge is -2.15. The molecule has 0 bridgehead atoms. The Labute approximate surface area is 163 Å². The lowest BCUT2D eigenvalue weighted by Crippen LogP contribution is -2.30. The molecule has 3 rings (SSSR count). The summed E-state index contributed by atoms with van der Waals surface area (Å²) in [5, 5.41) is 12.7. The van der Waals surface area contributed by atoms with Crippen LogP contribution in [0.2, 0.25) is 0 Å². The number of hydrogen-bond acceptors (Lipinski definition) is 10. The fourth-order valence-corrected chi connectivity index (χ4v) is 4.11. The third-order valence-electron chi connectivity index (χ3n) is 3.86. The summed E-state index contributed by atoms with van der Waals surface area (Å²) in [5.74, 6) is 0.639. The van der Waals surface area contributed by atoms with Crippen molar-refractivity contribution in [1.29, 1.82) is 0 Å². The summed E-state index contributed by atoms with van der Waals surface area (Å²) in [6, 6.07) is -0.500. The average molecular weight is 406 g/mol. The first-order chi connectivity index (χ1) is 13.1. The Bertz CT molecular complexity index is 953. The second-order valence-corrected chi connectivity index (χ2v) is 7.74. The summed E-state index contributed by atoms with van der Waals surface area (Å²) in [4.78, 5) is 32.7. The summed E-state index contributed by atoms with van der Waals surface area (Å²) < 4.78 is 7.16. The number of carbonyl (C=O) groups excluding carboxylic acids is 1. The standard InChI is InChI=1S/C16H18N6O3S2/c1-3-13(10(2)23)22-6-4-17-14(15(22)24)19-8-11-12(21-25-20-11)9-27-16-18-5-7-26-16/h4-7,13H,3,8-9H2,1-2H3,(H,17,19). The number of carbonyl (C=O) groups is 1. The topological polar surface area (TPSA) is 116 Å². The number of nitrogens with one attached hydrogen (secondary N) is 1. The molecule has 0 aliphatic carbocycles. The van der Waals surface area contributed by atoms with Crippen molar-refractivity contribution in [3.05, 3.63) is 45.7 Å². The van der Waals surface area contributed by atoms with Crippen molar-refractivity contribution in [2.45, 2.75) is 42.9 Å². The molecule has 0 saturated heterocycles. The molecule has 1 atom stereocenters.